The Labute approximate surface area is 151 Å². The molecule has 126 valence electrons. The number of carbonyl (C=O) groups is 1. The summed E-state index contributed by atoms with van der Waals surface area (Å²) in [7, 11) is 0. The number of hydrogen-bond acceptors (Lipinski definition) is 3. The Morgan fingerprint density at radius 3 is 2.50 bits per heavy atom. The molecule has 1 amide bonds. The van der Waals surface area contributed by atoms with E-state index in [1.54, 1.807) is 12.3 Å². The molecule has 1 heterocycles. The lowest BCUT2D eigenvalue weighted by Gasteiger charge is -2.17. The highest BCUT2D eigenvalue weighted by Gasteiger charge is 2.13. The lowest BCUT2D eigenvalue weighted by Crippen LogP contribution is -2.19. The van der Waals surface area contributed by atoms with Crippen LogP contribution in [0.25, 0.3) is 0 Å². The third-order valence-electron chi connectivity index (χ3n) is 4.30. The van der Waals surface area contributed by atoms with E-state index in [9.17, 15) is 4.79 Å². The van der Waals surface area contributed by atoms with Gasteiger partial charge in [0.05, 0.1) is 11.9 Å². The molecule has 3 rings (SSSR count). The molecule has 0 unspecified atom stereocenters. The Morgan fingerprint density at radius 1 is 1.04 bits per heavy atom. The van der Waals surface area contributed by atoms with Crippen LogP contribution in [-0.4, -0.2) is 16.9 Å². The van der Waals surface area contributed by atoms with E-state index in [0.717, 1.165) is 15.8 Å². The number of rotatable bonds is 4. The van der Waals surface area contributed by atoms with Crippen LogP contribution in [0.1, 0.15) is 49.0 Å². The summed E-state index contributed by atoms with van der Waals surface area (Å²) in [5.41, 5.74) is 2.15. The maximum absolute atomic E-state index is 12.3. The summed E-state index contributed by atoms with van der Waals surface area (Å²) < 4.78 is 0.927. The number of nitrogens with one attached hydrogen (secondary N) is 2. The molecule has 1 aliphatic rings. The zero-order valence-electron chi connectivity index (χ0n) is 13.6. The molecule has 0 spiro atoms. The van der Waals surface area contributed by atoms with E-state index in [0.29, 0.717) is 11.7 Å². The number of carbonyl (C=O) groups excluding carboxylic acids is 1. The summed E-state index contributed by atoms with van der Waals surface area (Å²) >= 11 is 3.40. The first-order chi connectivity index (χ1) is 11.7. The van der Waals surface area contributed by atoms with Gasteiger partial charge in [-0.2, -0.15) is 0 Å². The van der Waals surface area contributed by atoms with Crippen LogP contribution in [0.3, 0.4) is 0 Å². The summed E-state index contributed by atoms with van der Waals surface area (Å²) in [5, 5.41) is 6.40. The van der Waals surface area contributed by atoms with Gasteiger partial charge >= 0.3 is 0 Å². The van der Waals surface area contributed by atoms with Gasteiger partial charge in [0.1, 0.15) is 5.69 Å². The molecule has 0 bridgehead atoms. The normalized spacial score (nSPS) is 15.5. The Bertz CT molecular complexity index is 679. The minimum absolute atomic E-state index is 0.200. The Hall–Kier alpha value is -1.88. The highest BCUT2D eigenvalue weighted by atomic mass is 79.9. The number of pyridine rings is 1. The number of benzene rings is 1. The highest BCUT2D eigenvalue weighted by molar-refractivity contribution is 9.10. The number of aromatic nitrogens is 1. The fourth-order valence-corrected chi connectivity index (χ4v) is 3.43. The summed E-state index contributed by atoms with van der Waals surface area (Å²) in [6.45, 7) is 0. The van der Waals surface area contributed by atoms with E-state index >= 15 is 0 Å². The topological polar surface area (TPSA) is 54.0 Å². The second kappa shape index (κ2) is 8.29. The average Bonchev–Trinajstić information content (AvgIpc) is 2.84. The fraction of sp³-hybridized carbons (Fsp3) is 0.368. The molecule has 1 fully saturated rings. The minimum atomic E-state index is -0.200. The minimum Gasteiger partial charge on any atom is -0.381 e. The van der Waals surface area contributed by atoms with E-state index in [1.807, 2.05) is 30.3 Å². The van der Waals surface area contributed by atoms with Gasteiger partial charge in [-0.3, -0.25) is 4.79 Å². The van der Waals surface area contributed by atoms with E-state index in [2.05, 4.69) is 31.5 Å². The second-order valence-electron chi connectivity index (χ2n) is 6.23. The van der Waals surface area contributed by atoms with Crippen molar-refractivity contribution in [3.05, 3.63) is 52.8 Å². The molecule has 5 heteroatoms. The third kappa shape index (κ3) is 4.81. The largest absolute Gasteiger partial charge is 0.381 e. The van der Waals surface area contributed by atoms with Crippen molar-refractivity contribution in [1.29, 1.82) is 0 Å². The van der Waals surface area contributed by atoms with Gasteiger partial charge in [-0.05, 0) is 43.2 Å². The van der Waals surface area contributed by atoms with E-state index < -0.39 is 0 Å². The monoisotopic (exact) mass is 387 g/mol. The standard InChI is InChI=1S/C19H22BrN3O/c20-14-6-5-9-16(12-14)23-19(24)18-11-10-17(13-21-18)22-15-7-3-1-2-4-8-15/h5-6,9-13,15,22H,1-4,7-8H2,(H,23,24). The quantitative estimate of drug-likeness (QED) is 0.705. The Balaban J connectivity index is 1.60. The van der Waals surface area contributed by atoms with Gasteiger partial charge in [-0.25, -0.2) is 4.98 Å². The van der Waals surface area contributed by atoms with Crippen molar-refractivity contribution >= 4 is 33.2 Å². The summed E-state index contributed by atoms with van der Waals surface area (Å²) in [4.78, 5) is 16.6. The van der Waals surface area contributed by atoms with Crippen molar-refractivity contribution in [1.82, 2.24) is 4.98 Å². The van der Waals surface area contributed by atoms with E-state index in [1.165, 1.54) is 38.5 Å². The molecule has 1 saturated carbocycles. The van der Waals surface area contributed by atoms with Crippen LogP contribution in [0.5, 0.6) is 0 Å². The average molecular weight is 388 g/mol. The van der Waals surface area contributed by atoms with Gasteiger partial charge in [0.2, 0.25) is 0 Å². The highest BCUT2D eigenvalue weighted by Crippen LogP contribution is 2.21. The molecule has 0 aliphatic heterocycles. The van der Waals surface area contributed by atoms with Gasteiger partial charge in [0.15, 0.2) is 0 Å². The Morgan fingerprint density at radius 2 is 1.83 bits per heavy atom. The molecule has 2 aromatic rings. The SMILES string of the molecule is O=C(Nc1cccc(Br)c1)c1ccc(NC2CCCCCC2)cn1. The first-order valence-electron chi connectivity index (χ1n) is 8.50. The fourth-order valence-electron chi connectivity index (χ4n) is 3.03. The van der Waals surface area contributed by atoms with Crippen LogP contribution in [0, 0.1) is 0 Å². The molecule has 24 heavy (non-hydrogen) atoms. The summed E-state index contributed by atoms with van der Waals surface area (Å²) in [6, 6.07) is 11.7. The van der Waals surface area contributed by atoms with Crippen molar-refractivity contribution in [2.45, 2.75) is 44.6 Å². The van der Waals surface area contributed by atoms with Crippen molar-refractivity contribution < 1.29 is 4.79 Å². The van der Waals surface area contributed by atoms with Gasteiger partial charge in [0, 0.05) is 16.2 Å². The zero-order valence-corrected chi connectivity index (χ0v) is 15.2. The summed E-state index contributed by atoms with van der Waals surface area (Å²) in [6.07, 6.45) is 9.43. The molecule has 0 saturated heterocycles. The Kier molecular flexibility index (Phi) is 5.86. The molecule has 1 aliphatic carbocycles. The van der Waals surface area contributed by atoms with Crippen LogP contribution in [0.4, 0.5) is 11.4 Å². The van der Waals surface area contributed by atoms with Crippen molar-refractivity contribution in [3.63, 3.8) is 0 Å². The van der Waals surface area contributed by atoms with Gasteiger partial charge in [0.25, 0.3) is 5.91 Å². The molecule has 4 nitrogen and oxygen atoms in total. The molecule has 0 atom stereocenters. The number of hydrogen-bond donors (Lipinski definition) is 2. The predicted molar refractivity (Wildman–Crippen MR) is 101 cm³/mol. The number of nitrogens with zero attached hydrogens (tertiary/aromatic N) is 1. The lowest BCUT2D eigenvalue weighted by atomic mass is 10.1. The maximum atomic E-state index is 12.3. The van der Waals surface area contributed by atoms with Gasteiger partial charge in [-0.1, -0.05) is 47.7 Å². The van der Waals surface area contributed by atoms with Crippen molar-refractivity contribution in [3.8, 4) is 0 Å². The van der Waals surface area contributed by atoms with Crippen molar-refractivity contribution in [2.75, 3.05) is 10.6 Å². The molecule has 0 radical (unpaired) electrons. The summed E-state index contributed by atoms with van der Waals surface area (Å²) in [5.74, 6) is -0.200. The van der Waals surface area contributed by atoms with Gasteiger partial charge in [-0.15, -0.1) is 0 Å². The van der Waals surface area contributed by atoms with Crippen LogP contribution in [0.15, 0.2) is 47.1 Å². The number of anilines is 2. The first-order valence-corrected chi connectivity index (χ1v) is 9.29. The van der Waals surface area contributed by atoms with Crippen LogP contribution < -0.4 is 10.6 Å². The molecular weight excluding hydrogens is 366 g/mol. The zero-order chi connectivity index (χ0) is 16.8. The second-order valence-corrected chi connectivity index (χ2v) is 7.15. The van der Waals surface area contributed by atoms with Crippen molar-refractivity contribution in [2.24, 2.45) is 0 Å². The smallest absolute Gasteiger partial charge is 0.274 e. The third-order valence-corrected chi connectivity index (χ3v) is 4.80. The van der Waals surface area contributed by atoms with Gasteiger partial charge < -0.3 is 10.6 Å². The molecule has 2 N–H and O–H groups in total. The first kappa shape index (κ1) is 17.0. The predicted octanol–water partition coefficient (Wildman–Crippen LogP) is 5.23. The number of halogens is 1. The molecule has 1 aromatic carbocycles. The van der Waals surface area contributed by atoms with Crippen LogP contribution in [0.2, 0.25) is 0 Å². The van der Waals surface area contributed by atoms with E-state index in [-0.39, 0.29) is 5.91 Å². The van der Waals surface area contributed by atoms with Crippen LogP contribution >= 0.6 is 15.9 Å². The number of amides is 1. The lowest BCUT2D eigenvalue weighted by molar-refractivity contribution is 0.102. The molecule has 1 aromatic heterocycles. The molecular formula is C19H22BrN3O. The van der Waals surface area contributed by atoms with E-state index in [4.69, 9.17) is 0 Å². The van der Waals surface area contributed by atoms with Crippen LogP contribution in [-0.2, 0) is 0 Å². The maximum Gasteiger partial charge on any atom is 0.274 e.